The molecule has 1 fully saturated rings. The van der Waals surface area contributed by atoms with Gasteiger partial charge in [0.25, 0.3) is 0 Å². The lowest BCUT2D eigenvalue weighted by molar-refractivity contribution is -0.125. The number of carbonyl (C=O) groups excluding carboxylic acids is 1. The maximum Gasteiger partial charge on any atom is 0.246 e. The number of amides is 1. The number of rotatable bonds is 1. The number of halogens is 1. The first-order valence-corrected chi connectivity index (χ1v) is 4.89. The van der Waals surface area contributed by atoms with Gasteiger partial charge in [0, 0.05) is 6.54 Å². The van der Waals surface area contributed by atoms with E-state index in [4.69, 9.17) is 4.74 Å². The van der Waals surface area contributed by atoms with Gasteiger partial charge in [-0.1, -0.05) is 12.1 Å². The van der Waals surface area contributed by atoms with Gasteiger partial charge >= 0.3 is 0 Å². The molecule has 2 rings (SSSR count). The van der Waals surface area contributed by atoms with Crippen LogP contribution in [0.25, 0.3) is 0 Å². The Morgan fingerprint density at radius 3 is 3.13 bits per heavy atom. The minimum absolute atomic E-state index is 0.0428. The van der Waals surface area contributed by atoms with E-state index < -0.39 is 0 Å². The minimum Gasteiger partial charge on any atom is -0.364 e. The first-order valence-electron chi connectivity index (χ1n) is 4.89. The smallest absolute Gasteiger partial charge is 0.246 e. The van der Waals surface area contributed by atoms with Gasteiger partial charge in [-0.3, -0.25) is 4.79 Å². The molecule has 0 saturated carbocycles. The van der Waals surface area contributed by atoms with Crippen LogP contribution in [0, 0.1) is 5.82 Å². The van der Waals surface area contributed by atoms with Gasteiger partial charge in [0.2, 0.25) is 5.91 Å². The highest BCUT2D eigenvalue weighted by atomic mass is 19.1. The Balaban J connectivity index is 2.13. The van der Waals surface area contributed by atoms with Gasteiger partial charge in [-0.15, -0.1) is 0 Å². The fourth-order valence-electron chi connectivity index (χ4n) is 1.62. The Morgan fingerprint density at radius 1 is 1.47 bits per heavy atom. The van der Waals surface area contributed by atoms with Crippen molar-refractivity contribution in [3.63, 3.8) is 0 Å². The normalized spacial score (nSPS) is 21.9. The number of nitrogens with one attached hydrogen (secondary N) is 1. The van der Waals surface area contributed by atoms with E-state index in [0.717, 1.165) is 5.56 Å². The van der Waals surface area contributed by atoms with Gasteiger partial charge in [0.1, 0.15) is 12.4 Å². The maximum atomic E-state index is 13.0. The van der Waals surface area contributed by atoms with Crippen molar-refractivity contribution in [1.82, 2.24) is 5.32 Å². The molecule has 1 aliphatic heterocycles. The van der Waals surface area contributed by atoms with Crippen molar-refractivity contribution < 1.29 is 13.9 Å². The van der Waals surface area contributed by atoms with E-state index in [2.05, 4.69) is 5.32 Å². The molecule has 0 radical (unpaired) electrons. The predicted molar refractivity (Wildman–Crippen MR) is 52.7 cm³/mol. The first kappa shape index (κ1) is 10.1. The van der Waals surface area contributed by atoms with Crippen LogP contribution >= 0.6 is 0 Å². The zero-order valence-electron chi connectivity index (χ0n) is 8.20. The standard InChI is InChI=1S/C11H12FNO2/c12-9-3-1-2-8(6-9)10-4-5-13-11(14)7-15-10/h1-3,6,10H,4-5,7H2,(H,13,14). The molecule has 3 nitrogen and oxygen atoms in total. The van der Waals surface area contributed by atoms with Crippen LogP contribution in [0.4, 0.5) is 4.39 Å². The molecule has 1 amide bonds. The van der Waals surface area contributed by atoms with Crippen LogP contribution in [-0.2, 0) is 9.53 Å². The molecule has 1 aliphatic rings. The van der Waals surface area contributed by atoms with E-state index in [0.29, 0.717) is 13.0 Å². The second-order valence-electron chi connectivity index (χ2n) is 3.49. The topological polar surface area (TPSA) is 38.3 Å². The molecule has 0 spiro atoms. The van der Waals surface area contributed by atoms with E-state index in [1.54, 1.807) is 6.07 Å². The van der Waals surface area contributed by atoms with Gasteiger partial charge in [-0.25, -0.2) is 4.39 Å². The maximum absolute atomic E-state index is 13.0. The molecular weight excluding hydrogens is 197 g/mol. The van der Waals surface area contributed by atoms with Crippen molar-refractivity contribution >= 4 is 5.91 Å². The average Bonchev–Trinajstić information content (AvgIpc) is 2.43. The molecule has 0 aliphatic carbocycles. The molecule has 1 N–H and O–H groups in total. The van der Waals surface area contributed by atoms with Crippen LogP contribution in [0.5, 0.6) is 0 Å². The summed E-state index contributed by atoms with van der Waals surface area (Å²) in [6, 6.07) is 6.29. The number of hydrogen-bond donors (Lipinski definition) is 1. The Labute approximate surface area is 87.2 Å². The zero-order valence-corrected chi connectivity index (χ0v) is 8.20. The number of carbonyl (C=O) groups is 1. The average molecular weight is 209 g/mol. The Morgan fingerprint density at radius 2 is 2.33 bits per heavy atom. The zero-order chi connectivity index (χ0) is 10.7. The number of hydrogen-bond acceptors (Lipinski definition) is 2. The highest BCUT2D eigenvalue weighted by molar-refractivity contribution is 5.77. The monoisotopic (exact) mass is 209 g/mol. The van der Waals surface area contributed by atoms with Crippen LogP contribution in [0.3, 0.4) is 0 Å². The molecule has 1 atom stereocenters. The fourth-order valence-corrected chi connectivity index (χ4v) is 1.62. The third-order valence-electron chi connectivity index (χ3n) is 2.36. The molecule has 1 aromatic carbocycles. The van der Waals surface area contributed by atoms with Gasteiger partial charge < -0.3 is 10.1 Å². The van der Waals surface area contributed by atoms with E-state index in [9.17, 15) is 9.18 Å². The minimum atomic E-state index is -0.278. The van der Waals surface area contributed by atoms with Crippen molar-refractivity contribution in [2.45, 2.75) is 12.5 Å². The third kappa shape index (κ3) is 2.53. The Bertz CT molecular complexity index is 367. The quantitative estimate of drug-likeness (QED) is 0.759. The molecule has 1 heterocycles. The SMILES string of the molecule is O=C1COC(c2cccc(F)c2)CCN1. The molecule has 1 unspecified atom stereocenters. The van der Waals surface area contributed by atoms with E-state index in [1.807, 2.05) is 6.07 Å². The lowest BCUT2D eigenvalue weighted by Crippen LogP contribution is -2.24. The molecule has 4 heteroatoms. The Kier molecular flexibility index (Phi) is 2.97. The van der Waals surface area contributed by atoms with Crippen molar-refractivity contribution in [3.8, 4) is 0 Å². The molecule has 15 heavy (non-hydrogen) atoms. The number of ether oxygens (including phenoxy) is 1. The summed E-state index contributed by atoms with van der Waals surface area (Å²) in [4.78, 5) is 11.0. The van der Waals surface area contributed by atoms with Gasteiger partial charge in [0.05, 0.1) is 6.10 Å². The van der Waals surface area contributed by atoms with E-state index in [1.165, 1.54) is 12.1 Å². The van der Waals surface area contributed by atoms with Crippen molar-refractivity contribution in [3.05, 3.63) is 35.6 Å². The van der Waals surface area contributed by atoms with Crippen LogP contribution in [-0.4, -0.2) is 19.1 Å². The predicted octanol–water partition coefficient (Wildman–Crippen LogP) is 1.40. The summed E-state index contributed by atoms with van der Waals surface area (Å²) in [5, 5.41) is 2.70. The van der Waals surface area contributed by atoms with E-state index in [-0.39, 0.29) is 24.4 Å². The second kappa shape index (κ2) is 4.40. The third-order valence-corrected chi connectivity index (χ3v) is 2.36. The lowest BCUT2D eigenvalue weighted by Gasteiger charge is -2.13. The van der Waals surface area contributed by atoms with Crippen molar-refractivity contribution in [1.29, 1.82) is 0 Å². The van der Waals surface area contributed by atoms with Crippen LogP contribution in [0.1, 0.15) is 18.1 Å². The van der Waals surface area contributed by atoms with Gasteiger partial charge in [-0.2, -0.15) is 0 Å². The molecule has 0 bridgehead atoms. The summed E-state index contributed by atoms with van der Waals surface area (Å²) in [6.45, 7) is 0.612. The van der Waals surface area contributed by atoms with Gasteiger partial charge in [0.15, 0.2) is 0 Å². The summed E-state index contributed by atoms with van der Waals surface area (Å²) >= 11 is 0. The Hall–Kier alpha value is -1.42. The second-order valence-corrected chi connectivity index (χ2v) is 3.49. The van der Waals surface area contributed by atoms with Crippen LogP contribution in [0.15, 0.2) is 24.3 Å². The molecular formula is C11H12FNO2. The fraction of sp³-hybridized carbons (Fsp3) is 0.364. The molecule has 0 aromatic heterocycles. The van der Waals surface area contributed by atoms with Crippen LogP contribution in [0.2, 0.25) is 0 Å². The highest BCUT2D eigenvalue weighted by Crippen LogP contribution is 2.22. The molecule has 1 saturated heterocycles. The van der Waals surface area contributed by atoms with Gasteiger partial charge in [-0.05, 0) is 24.1 Å². The summed E-state index contributed by atoms with van der Waals surface area (Å²) in [6.07, 6.45) is 0.481. The summed E-state index contributed by atoms with van der Waals surface area (Å²) in [5.74, 6) is -0.395. The van der Waals surface area contributed by atoms with Crippen molar-refractivity contribution in [2.24, 2.45) is 0 Å². The summed E-state index contributed by atoms with van der Waals surface area (Å²) < 4.78 is 18.3. The first-order chi connectivity index (χ1) is 7.25. The number of benzene rings is 1. The highest BCUT2D eigenvalue weighted by Gasteiger charge is 2.18. The van der Waals surface area contributed by atoms with E-state index >= 15 is 0 Å². The molecule has 80 valence electrons. The molecule has 1 aromatic rings. The summed E-state index contributed by atoms with van der Waals surface area (Å²) in [5.41, 5.74) is 0.784. The van der Waals surface area contributed by atoms with Crippen molar-refractivity contribution in [2.75, 3.05) is 13.2 Å². The lowest BCUT2D eigenvalue weighted by atomic mass is 10.1. The summed E-state index contributed by atoms with van der Waals surface area (Å²) in [7, 11) is 0. The largest absolute Gasteiger partial charge is 0.364 e. The van der Waals surface area contributed by atoms with Crippen LogP contribution < -0.4 is 5.32 Å².